The Bertz CT molecular complexity index is 433. The molecule has 0 N–H and O–H groups in total. The van der Waals surface area contributed by atoms with E-state index in [-0.39, 0.29) is 5.41 Å². The molecule has 0 unspecified atom stereocenters. The predicted octanol–water partition coefficient (Wildman–Crippen LogP) is 2.38. The molecule has 2 heterocycles. The third-order valence-corrected chi connectivity index (χ3v) is 4.36. The molecular formula is C15H28N4OS. The quantitative estimate of drug-likeness (QED) is 0.835. The molecule has 1 fully saturated rings. The number of hydrogen-bond donors (Lipinski definition) is 0. The van der Waals surface area contributed by atoms with E-state index in [1.54, 1.807) is 0 Å². The molecule has 1 aliphatic rings. The molecule has 0 atom stereocenters. The van der Waals surface area contributed by atoms with Gasteiger partial charge in [-0.25, -0.2) is 4.98 Å². The van der Waals surface area contributed by atoms with Crippen molar-refractivity contribution in [2.75, 3.05) is 44.2 Å². The normalized spacial score (nSPS) is 17.7. The lowest BCUT2D eigenvalue weighted by Crippen LogP contribution is -2.47. The van der Waals surface area contributed by atoms with Gasteiger partial charge in [-0.1, -0.05) is 20.8 Å². The molecule has 0 spiro atoms. The molecule has 21 heavy (non-hydrogen) atoms. The zero-order valence-corrected chi connectivity index (χ0v) is 14.7. The van der Waals surface area contributed by atoms with Crippen LogP contribution in [0.3, 0.4) is 0 Å². The van der Waals surface area contributed by atoms with Crippen molar-refractivity contribution in [2.45, 2.75) is 46.1 Å². The SMILES string of the molecule is CC(C)OCCN1CCN(c2nc(C(C)(C)C)ns2)CC1. The Labute approximate surface area is 132 Å². The highest BCUT2D eigenvalue weighted by Crippen LogP contribution is 2.25. The zero-order chi connectivity index (χ0) is 15.5. The molecule has 5 nitrogen and oxygen atoms in total. The Morgan fingerprint density at radius 1 is 1.19 bits per heavy atom. The van der Waals surface area contributed by atoms with Gasteiger partial charge >= 0.3 is 0 Å². The van der Waals surface area contributed by atoms with Gasteiger partial charge in [0.05, 0.1) is 12.7 Å². The van der Waals surface area contributed by atoms with Gasteiger partial charge in [0.15, 0.2) is 0 Å². The summed E-state index contributed by atoms with van der Waals surface area (Å²) in [5.74, 6) is 0.954. The maximum atomic E-state index is 5.62. The lowest BCUT2D eigenvalue weighted by molar-refractivity contribution is 0.0579. The maximum absolute atomic E-state index is 5.62. The van der Waals surface area contributed by atoms with Crippen LogP contribution < -0.4 is 4.90 Å². The van der Waals surface area contributed by atoms with Crippen molar-refractivity contribution in [1.29, 1.82) is 0 Å². The van der Waals surface area contributed by atoms with Gasteiger partial charge in [0, 0.05) is 49.7 Å². The van der Waals surface area contributed by atoms with Crippen molar-refractivity contribution < 1.29 is 4.74 Å². The van der Waals surface area contributed by atoms with Crippen LogP contribution in [0.15, 0.2) is 0 Å². The molecule has 0 amide bonds. The summed E-state index contributed by atoms with van der Waals surface area (Å²) < 4.78 is 10.1. The van der Waals surface area contributed by atoms with E-state index < -0.39 is 0 Å². The van der Waals surface area contributed by atoms with Gasteiger partial charge in [0.2, 0.25) is 5.13 Å². The summed E-state index contributed by atoms with van der Waals surface area (Å²) in [5, 5.41) is 1.07. The van der Waals surface area contributed by atoms with Gasteiger partial charge in [-0.3, -0.25) is 4.90 Å². The molecule has 0 bridgehead atoms. The lowest BCUT2D eigenvalue weighted by atomic mass is 9.96. The van der Waals surface area contributed by atoms with Gasteiger partial charge in [-0.05, 0) is 13.8 Å². The molecule has 120 valence electrons. The topological polar surface area (TPSA) is 41.5 Å². The summed E-state index contributed by atoms with van der Waals surface area (Å²) >= 11 is 1.53. The highest BCUT2D eigenvalue weighted by Gasteiger charge is 2.24. The average molecular weight is 312 g/mol. The highest BCUT2D eigenvalue weighted by molar-refractivity contribution is 7.09. The first-order valence-corrected chi connectivity index (χ1v) is 8.56. The second-order valence-corrected chi connectivity index (χ2v) is 7.63. The van der Waals surface area contributed by atoms with Crippen molar-refractivity contribution in [3.05, 3.63) is 5.82 Å². The number of aromatic nitrogens is 2. The Morgan fingerprint density at radius 2 is 1.86 bits per heavy atom. The predicted molar refractivity (Wildman–Crippen MR) is 88.4 cm³/mol. The van der Waals surface area contributed by atoms with E-state index in [2.05, 4.69) is 48.8 Å². The van der Waals surface area contributed by atoms with Crippen LogP contribution in [0.25, 0.3) is 0 Å². The third-order valence-electron chi connectivity index (χ3n) is 3.59. The van der Waals surface area contributed by atoms with E-state index >= 15 is 0 Å². The lowest BCUT2D eigenvalue weighted by Gasteiger charge is -2.34. The summed E-state index contributed by atoms with van der Waals surface area (Å²) in [7, 11) is 0. The third kappa shape index (κ3) is 4.90. The molecule has 0 radical (unpaired) electrons. The van der Waals surface area contributed by atoms with E-state index in [0.717, 1.165) is 50.3 Å². The van der Waals surface area contributed by atoms with Crippen LogP contribution in [0, 0.1) is 0 Å². The Hall–Kier alpha value is -0.720. The van der Waals surface area contributed by atoms with Crippen molar-refractivity contribution in [1.82, 2.24) is 14.3 Å². The van der Waals surface area contributed by atoms with Crippen molar-refractivity contribution in [3.63, 3.8) is 0 Å². The molecule has 1 aliphatic heterocycles. The molecule has 2 rings (SSSR count). The second kappa shape index (κ2) is 7.03. The Kier molecular flexibility index (Phi) is 5.57. The van der Waals surface area contributed by atoms with Crippen LogP contribution >= 0.6 is 11.5 Å². The van der Waals surface area contributed by atoms with E-state index in [1.807, 2.05) is 0 Å². The summed E-state index contributed by atoms with van der Waals surface area (Å²) in [6, 6.07) is 0. The maximum Gasteiger partial charge on any atom is 0.205 e. The molecule has 1 saturated heterocycles. The average Bonchev–Trinajstić information content (AvgIpc) is 2.88. The van der Waals surface area contributed by atoms with Crippen LogP contribution in [0.1, 0.15) is 40.4 Å². The van der Waals surface area contributed by atoms with Crippen LogP contribution in [0.5, 0.6) is 0 Å². The minimum atomic E-state index is 0.0325. The van der Waals surface area contributed by atoms with Gasteiger partial charge in [-0.2, -0.15) is 4.37 Å². The molecule has 1 aromatic heterocycles. The largest absolute Gasteiger partial charge is 0.377 e. The number of nitrogens with zero attached hydrogens (tertiary/aromatic N) is 4. The molecule has 1 aromatic rings. The van der Waals surface area contributed by atoms with E-state index in [4.69, 9.17) is 9.72 Å². The molecule has 0 aromatic carbocycles. The van der Waals surface area contributed by atoms with Gasteiger partial charge in [0.25, 0.3) is 0 Å². The highest BCUT2D eigenvalue weighted by atomic mass is 32.1. The molecule has 0 aliphatic carbocycles. The summed E-state index contributed by atoms with van der Waals surface area (Å²) in [5.41, 5.74) is 0.0325. The molecule has 0 saturated carbocycles. The summed E-state index contributed by atoms with van der Waals surface area (Å²) in [6.07, 6.45) is 0.323. The number of ether oxygens (including phenoxy) is 1. The zero-order valence-electron chi connectivity index (χ0n) is 13.9. The fraction of sp³-hybridized carbons (Fsp3) is 0.867. The van der Waals surface area contributed by atoms with Gasteiger partial charge < -0.3 is 9.64 Å². The van der Waals surface area contributed by atoms with E-state index in [9.17, 15) is 0 Å². The molecule has 6 heteroatoms. The minimum Gasteiger partial charge on any atom is -0.377 e. The van der Waals surface area contributed by atoms with E-state index in [0.29, 0.717) is 6.10 Å². The standard InChI is InChI=1S/C15H28N4OS/c1-12(2)20-11-10-18-6-8-19(9-7-18)14-16-13(17-21-14)15(3,4)5/h12H,6-11H2,1-5H3. The van der Waals surface area contributed by atoms with Gasteiger partial charge in [0.1, 0.15) is 5.82 Å². The van der Waals surface area contributed by atoms with Crippen molar-refractivity contribution in [3.8, 4) is 0 Å². The Morgan fingerprint density at radius 3 is 2.38 bits per heavy atom. The smallest absolute Gasteiger partial charge is 0.205 e. The number of rotatable bonds is 5. The van der Waals surface area contributed by atoms with Crippen LogP contribution in [-0.2, 0) is 10.2 Å². The summed E-state index contributed by atoms with van der Waals surface area (Å²) in [6.45, 7) is 16.7. The summed E-state index contributed by atoms with van der Waals surface area (Å²) in [4.78, 5) is 9.52. The second-order valence-electron chi connectivity index (χ2n) is 6.90. The van der Waals surface area contributed by atoms with E-state index in [1.165, 1.54) is 11.5 Å². The monoisotopic (exact) mass is 312 g/mol. The number of anilines is 1. The van der Waals surface area contributed by atoms with Crippen LogP contribution in [-0.4, -0.2) is 59.7 Å². The first kappa shape index (κ1) is 16.6. The number of piperazine rings is 1. The first-order valence-electron chi connectivity index (χ1n) is 7.79. The first-order chi connectivity index (χ1) is 9.86. The van der Waals surface area contributed by atoms with Crippen molar-refractivity contribution >= 4 is 16.7 Å². The minimum absolute atomic E-state index is 0.0325. The van der Waals surface area contributed by atoms with Gasteiger partial charge in [-0.15, -0.1) is 0 Å². The van der Waals surface area contributed by atoms with Crippen molar-refractivity contribution in [2.24, 2.45) is 0 Å². The Balaban J connectivity index is 1.80. The molecular weight excluding hydrogens is 284 g/mol. The fourth-order valence-electron chi connectivity index (χ4n) is 2.23. The van der Waals surface area contributed by atoms with Crippen LogP contribution in [0.4, 0.5) is 5.13 Å². The van der Waals surface area contributed by atoms with Crippen LogP contribution in [0.2, 0.25) is 0 Å². The fourth-order valence-corrected chi connectivity index (χ4v) is 3.14. The number of hydrogen-bond acceptors (Lipinski definition) is 6.